The van der Waals surface area contributed by atoms with Gasteiger partial charge in [-0.2, -0.15) is 0 Å². The van der Waals surface area contributed by atoms with Gasteiger partial charge in [0.15, 0.2) is 0 Å². The predicted octanol–water partition coefficient (Wildman–Crippen LogP) is -1.45. The van der Waals surface area contributed by atoms with Gasteiger partial charge in [0.2, 0.25) is 0 Å². The lowest BCUT2D eigenvalue weighted by molar-refractivity contribution is -0.140. The molecule has 0 bridgehead atoms. The minimum atomic E-state index is -1.31. The number of hydrogen-bond acceptors (Lipinski definition) is 4. The summed E-state index contributed by atoms with van der Waals surface area (Å²) in [5.41, 5.74) is 0. The number of amides is 2. The first kappa shape index (κ1) is 15.4. The lowest BCUT2D eigenvalue weighted by Crippen LogP contribution is -2.46. The average Bonchev–Trinajstić information content (AvgIpc) is 2.14. The molecule has 0 aromatic rings. The highest BCUT2D eigenvalue weighted by atomic mass is 32.2. The van der Waals surface area contributed by atoms with Crippen molar-refractivity contribution in [3.05, 3.63) is 0 Å². The Labute approximate surface area is 100 Å². The van der Waals surface area contributed by atoms with E-state index in [1.165, 1.54) is 6.26 Å². The lowest BCUT2D eigenvalue weighted by Gasteiger charge is -2.18. The van der Waals surface area contributed by atoms with Crippen molar-refractivity contribution in [2.75, 3.05) is 31.6 Å². The first-order valence-corrected chi connectivity index (χ1v) is 6.32. The third-order valence-corrected chi connectivity index (χ3v) is 2.38. The number of carboxylic acids is 2. The summed E-state index contributed by atoms with van der Waals surface area (Å²) < 4.78 is 10.7. The number of rotatable bonds is 7. The number of carbonyl (C=O) groups excluding carboxylic acids is 1. The molecule has 98 valence electrons. The van der Waals surface area contributed by atoms with E-state index >= 15 is 0 Å². The molecule has 0 aliphatic carbocycles. The SMILES string of the molecule is CS(=O)CCNC(=O)N(CC(=O)O)CC(=O)O. The van der Waals surface area contributed by atoms with Gasteiger partial charge in [0.1, 0.15) is 13.1 Å². The van der Waals surface area contributed by atoms with Crippen molar-refractivity contribution in [1.82, 2.24) is 10.2 Å². The zero-order chi connectivity index (χ0) is 13.4. The molecule has 0 saturated carbocycles. The van der Waals surface area contributed by atoms with Crippen LogP contribution < -0.4 is 5.32 Å². The summed E-state index contributed by atoms with van der Waals surface area (Å²) in [6, 6.07) is -0.805. The summed E-state index contributed by atoms with van der Waals surface area (Å²) in [7, 11) is -1.08. The molecule has 8 nitrogen and oxygen atoms in total. The molecule has 0 aliphatic rings. The molecule has 0 fully saturated rings. The standard InChI is InChI=1S/C8H14N2O6S/c1-17(16)3-2-9-8(15)10(4-6(11)12)5-7(13)14/h2-5H2,1H3,(H,9,15)(H,11,12)(H,13,14). The Morgan fingerprint density at radius 2 is 1.65 bits per heavy atom. The van der Waals surface area contributed by atoms with Crippen molar-refractivity contribution in [1.29, 1.82) is 0 Å². The van der Waals surface area contributed by atoms with E-state index in [1.54, 1.807) is 0 Å². The van der Waals surface area contributed by atoms with E-state index in [1.807, 2.05) is 0 Å². The molecular formula is C8H14N2O6S. The number of hydrogen-bond donors (Lipinski definition) is 3. The van der Waals surface area contributed by atoms with Gasteiger partial charge in [-0.1, -0.05) is 0 Å². The van der Waals surface area contributed by atoms with E-state index in [0.29, 0.717) is 4.90 Å². The molecule has 0 aromatic heterocycles. The van der Waals surface area contributed by atoms with E-state index in [9.17, 15) is 18.6 Å². The maximum absolute atomic E-state index is 11.4. The molecule has 0 rings (SSSR count). The second kappa shape index (κ2) is 7.60. The van der Waals surface area contributed by atoms with Gasteiger partial charge in [0, 0.05) is 29.4 Å². The van der Waals surface area contributed by atoms with Crippen LogP contribution in [0.1, 0.15) is 0 Å². The molecule has 3 N–H and O–H groups in total. The van der Waals surface area contributed by atoms with Crippen LogP contribution in [0.15, 0.2) is 0 Å². The van der Waals surface area contributed by atoms with Gasteiger partial charge in [-0.25, -0.2) is 4.79 Å². The van der Waals surface area contributed by atoms with Gasteiger partial charge < -0.3 is 20.4 Å². The van der Waals surface area contributed by atoms with Crippen molar-refractivity contribution in [3.63, 3.8) is 0 Å². The first-order chi connectivity index (χ1) is 7.82. The molecule has 1 atom stereocenters. The maximum atomic E-state index is 11.4. The lowest BCUT2D eigenvalue weighted by atomic mass is 10.5. The Kier molecular flexibility index (Phi) is 6.87. The van der Waals surface area contributed by atoms with E-state index in [2.05, 4.69) is 5.32 Å². The summed E-state index contributed by atoms with van der Waals surface area (Å²) in [6.07, 6.45) is 1.46. The van der Waals surface area contributed by atoms with Crippen molar-refractivity contribution in [2.45, 2.75) is 0 Å². The Morgan fingerprint density at radius 1 is 1.18 bits per heavy atom. The molecule has 0 spiro atoms. The summed E-state index contributed by atoms with van der Waals surface area (Å²) in [6.45, 7) is -1.31. The molecule has 0 saturated heterocycles. The molecular weight excluding hydrogens is 252 g/mol. The van der Waals surface area contributed by atoms with E-state index in [0.717, 1.165) is 0 Å². The minimum absolute atomic E-state index is 0.0949. The largest absolute Gasteiger partial charge is 0.480 e. The molecule has 9 heteroatoms. The van der Waals surface area contributed by atoms with E-state index < -0.39 is 41.9 Å². The highest BCUT2D eigenvalue weighted by Crippen LogP contribution is 1.90. The van der Waals surface area contributed by atoms with Crippen LogP contribution >= 0.6 is 0 Å². The number of carbonyl (C=O) groups is 3. The summed E-state index contributed by atoms with van der Waals surface area (Å²) in [4.78, 5) is 32.9. The zero-order valence-corrected chi connectivity index (χ0v) is 10.0. The fraction of sp³-hybridized carbons (Fsp3) is 0.625. The number of nitrogens with zero attached hydrogens (tertiary/aromatic N) is 1. The Hall–Kier alpha value is -1.64. The zero-order valence-electron chi connectivity index (χ0n) is 9.21. The predicted molar refractivity (Wildman–Crippen MR) is 59.2 cm³/mol. The maximum Gasteiger partial charge on any atom is 0.323 e. The number of urea groups is 1. The number of aliphatic carboxylic acids is 2. The van der Waals surface area contributed by atoms with Crippen LogP contribution in [0.3, 0.4) is 0 Å². The second-order valence-corrected chi connectivity index (χ2v) is 4.71. The van der Waals surface area contributed by atoms with Crippen molar-refractivity contribution < 1.29 is 28.8 Å². The van der Waals surface area contributed by atoms with Crippen LogP contribution in [0.5, 0.6) is 0 Å². The van der Waals surface area contributed by atoms with Gasteiger partial charge in [0.05, 0.1) is 0 Å². The Morgan fingerprint density at radius 3 is 2.00 bits per heavy atom. The normalized spacial score (nSPS) is 11.6. The fourth-order valence-electron chi connectivity index (χ4n) is 0.940. The number of nitrogens with one attached hydrogen (secondary N) is 1. The van der Waals surface area contributed by atoms with Crippen molar-refractivity contribution in [2.24, 2.45) is 0 Å². The molecule has 1 unspecified atom stereocenters. The first-order valence-electron chi connectivity index (χ1n) is 4.59. The summed E-state index contributed by atoms with van der Waals surface area (Å²) in [5, 5.41) is 19.3. The monoisotopic (exact) mass is 266 g/mol. The Bertz CT molecular complexity index is 316. The van der Waals surface area contributed by atoms with Gasteiger partial charge in [-0.3, -0.25) is 13.8 Å². The van der Waals surface area contributed by atoms with Crippen LogP contribution in [0.2, 0.25) is 0 Å². The minimum Gasteiger partial charge on any atom is -0.480 e. The van der Waals surface area contributed by atoms with Crippen molar-refractivity contribution in [3.8, 4) is 0 Å². The van der Waals surface area contributed by atoms with Crippen molar-refractivity contribution >= 4 is 28.8 Å². The fourth-order valence-corrected chi connectivity index (χ4v) is 1.33. The third kappa shape index (κ3) is 8.20. The van der Waals surface area contributed by atoms with Gasteiger partial charge in [0.25, 0.3) is 0 Å². The smallest absolute Gasteiger partial charge is 0.323 e. The van der Waals surface area contributed by atoms with E-state index in [-0.39, 0.29) is 12.3 Å². The summed E-state index contributed by atoms with van der Waals surface area (Å²) in [5.74, 6) is -2.39. The summed E-state index contributed by atoms with van der Waals surface area (Å²) >= 11 is 0. The van der Waals surface area contributed by atoms with E-state index in [4.69, 9.17) is 10.2 Å². The van der Waals surface area contributed by atoms with Gasteiger partial charge in [-0.05, 0) is 0 Å². The molecule has 0 radical (unpaired) electrons. The van der Waals surface area contributed by atoms with Gasteiger partial charge >= 0.3 is 18.0 Å². The molecule has 0 aromatic carbocycles. The molecule has 0 aliphatic heterocycles. The van der Waals surface area contributed by atoms with Crippen LogP contribution in [0.4, 0.5) is 4.79 Å². The average molecular weight is 266 g/mol. The highest BCUT2D eigenvalue weighted by Gasteiger charge is 2.18. The third-order valence-electron chi connectivity index (χ3n) is 1.61. The second-order valence-electron chi connectivity index (χ2n) is 3.15. The quantitative estimate of drug-likeness (QED) is 0.517. The van der Waals surface area contributed by atoms with Crippen LogP contribution in [0, 0.1) is 0 Å². The topological polar surface area (TPSA) is 124 Å². The van der Waals surface area contributed by atoms with Gasteiger partial charge in [-0.15, -0.1) is 0 Å². The van der Waals surface area contributed by atoms with Crippen LogP contribution in [-0.2, 0) is 20.4 Å². The number of carboxylic acid groups (broad SMARTS) is 2. The molecule has 0 heterocycles. The Balaban J connectivity index is 4.26. The molecule has 2 amide bonds. The highest BCUT2D eigenvalue weighted by molar-refractivity contribution is 7.84. The molecule has 17 heavy (non-hydrogen) atoms. The van der Waals surface area contributed by atoms with Crippen LogP contribution in [0.25, 0.3) is 0 Å². The van der Waals surface area contributed by atoms with Crippen LogP contribution in [-0.4, -0.2) is 68.9 Å².